The second-order valence-electron chi connectivity index (χ2n) is 5.52. The molecule has 6 nitrogen and oxygen atoms in total. The summed E-state index contributed by atoms with van der Waals surface area (Å²) in [6.45, 7) is 5.29. The number of benzene rings is 1. The van der Waals surface area contributed by atoms with Crippen molar-refractivity contribution in [3.63, 3.8) is 0 Å². The topological polar surface area (TPSA) is 80.5 Å². The Labute approximate surface area is 135 Å². The lowest BCUT2D eigenvalue weighted by Gasteiger charge is -2.28. The number of pyridine rings is 1. The van der Waals surface area contributed by atoms with Gasteiger partial charge in [-0.2, -0.15) is 0 Å². The van der Waals surface area contributed by atoms with Crippen LogP contribution in [-0.2, 0) is 4.74 Å². The number of amides is 2. The van der Waals surface area contributed by atoms with E-state index in [0.717, 1.165) is 48.8 Å². The number of aromatic nitrogens is 1. The van der Waals surface area contributed by atoms with Crippen molar-refractivity contribution in [2.75, 3.05) is 36.5 Å². The Hall–Kier alpha value is -2.60. The molecule has 23 heavy (non-hydrogen) atoms. The minimum absolute atomic E-state index is 0.574. The highest BCUT2D eigenvalue weighted by Crippen LogP contribution is 2.26. The number of aryl methyl sites for hydroxylation is 1. The Balaban J connectivity index is 1.85. The molecule has 0 radical (unpaired) electrons. The number of carbonyl (C=O) groups is 1. The van der Waals surface area contributed by atoms with Gasteiger partial charge in [0.15, 0.2) is 0 Å². The molecule has 0 aliphatic carbocycles. The third-order valence-corrected chi connectivity index (χ3v) is 3.91. The Morgan fingerprint density at radius 1 is 1.26 bits per heavy atom. The summed E-state index contributed by atoms with van der Waals surface area (Å²) in [5.74, 6) is 0. The first kappa shape index (κ1) is 15.3. The molecule has 120 valence electrons. The maximum Gasteiger partial charge on any atom is 0.316 e. The summed E-state index contributed by atoms with van der Waals surface area (Å²) in [6, 6.07) is 9.15. The fourth-order valence-electron chi connectivity index (χ4n) is 2.67. The van der Waals surface area contributed by atoms with Crippen LogP contribution in [0.1, 0.15) is 5.56 Å². The maximum atomic E-state index is 11.0. The van der Waals surface area contributed by atoms with Gasteiger partial charge in [0.2, 0.25) is 0 Å². The SMILES string of the molecule is Cc1ccc(NC(N)=O)cc1-c1ccc(N2CCOCC2)cn1. The second kappa shape index (κ2) is 6.66. The van der Waals surface area contributed by atoms with Gasteiger partial charge in [-0.1, -0.05) is 6.07 Å². The monoisotopic (exact) mass is 312 g/mol. The normalized spacial score (nSPS) is 14.6. The first-order valence-corrected chi connectivity index (χ1v) is 7.60. The van der Waals surface area contributed by atoms with Gasteiger partial charge in [0.1, 0.15) is 0 Å². The Morgan fingerprint density at radius 3 is 2.70 bits per heavy atom. The van der Waals surface area contributed by atoms with Crippen LogP contribution in [0.15, 0.2) is 36.5 Å². The summed E-state index contributed by atoms with van der Waals surface area (Å²) in [4.78, 5) is 17.8. The zero-order valence-corrected chi connectivity index (χ0v) is 13.1. The van der Waals surface area contributed by atoms with E-state index in [4.69, 9.17) is 10.5 Å². The highest BCUT2D eigenvalue weighted by Gasteiger charge is 2.12. The molecule has 2 heterocycles. The molecule has 0 atom stereocenters. The Kier molecular flexibility index (Phi) is 4.43. The van der Waals surface area contributed by atoms with Gasteiger partial charge in [-0.3, -0.25) is 4.98 Å². The van der Waals surface area contributed by atoms with Gasteiger partial charge in [0.25, 0.3) is 0 Å². The van der Waals surface area contributed by atoms with E-state index in [1.54, 1.807) is 0 Å². The van der Waals surface area contributed by atoms with Crippen LogP contribution in [0.5, 0.6) is 0 Å². The smallest absolute Gasteiger partial charge is 0.316 e. The number of primary amides is 1. The second-order valence-corrected chi connectivity index (χ2v) is 5.52. The largest absolute Gasteiger partial charge is 0.378 e. The molecule has 0 bridgehead atoms. The van der Waals surface area contributed by atoms with Crippen molar-refractivity contribution in [2.24, 2.45) is 5.73 Å². The third kappa shape index (κ3) is 3.60. The first-order chi connectivity index (χ1) is 11.1. The molecular formula is C17H20N4O2. The number of carbonyl (C=O) groups excluding carboxylic acids is 1. The molecular weight excluding hydrogens is 292 g/mol. The molecule has 0 spiro atoms. The first-order valence-electron chi connectivity index (χ1n) is 7.60. The Morgan fingerprint density at radius 2 is 2.04 bits per heavy atom. The number of urea groups is 1. The number of hydrogen-bond acceptors (Lipinski definition) is 4. The highest BCUT2D eigenvalue weighted by molar-refractivity contribution is 5.89. The number of nitrogens with zero attached hydrogens (tertiary/aromatic N) is 2. The quantitative estimate of drug-likeness (QED) is 0.912. The predicted octanol–water partition coefficient (Wildman–Crippen LogP) is 2.38. The zero-order chi connectivity index (χ0) is 16.2. The zero-order valence-electron chi connectivity index (χ0n) is 13.1. The number of nitrogens with two attached hydrogens (primary N) is 1. The number of hydrogen-bond donors (Lipinski definition) is 2. The van der Waals surface area contributed by atoms with Gasteiger partial charge in [0.05, 0.1) is 30.8 Å². The van der Waals surface area contributed by atoms with Crippen LogP contribution in [0.4, 0.5) is 16.2 Å². The third-order valence-electron chi connectivity index (χ3n) is 3.91. The summed E-state index contributed by atoms with van der Waals surface area (Å²) in [5, 5.41) is 2.59. The van der Waals surface area contributed by atoms with Gasteiger partial charge < -0.3 is 20.7 Å². The van der Waals surface area contributed by atoms with Crippen molar-refractivity contribution in [3.05, 3.63) is 42.1 Å². The summed E-state index contributed by atoms with van der Waals surface area (Å²) in [7, 11) is 0. The highest BCUT2D eigenvalue weighted by atomic mass is 16.5. The Bertz CT molecular complexity index is 694. The molecule has 1 aromatic carbocycles. The van der Waals surface area contributed by atoms with Gasteiger partial charge in [-0.05, 0) is 36.8 Å². The maximum absolute atomic E-state index is 11.0. The van der Waals surface area contributed by atoms with E-state index in [1.807, 2.05) is 37.4 Å². The molecule has 1 aliphatic heterocycles. The standard InChI is InChI=1S/C17H20N4O2/c1-12-2-3-13(20-17(18)22)10-15(12)16-5-4-14(11-19-16)21-6-8-23-9-7-21/h2-5,10-11H,6-9H2,1H3,(H3,18,20,22). The minimum Gasteiger partial charge on any atom is -0.378 e. The van der Waals surface area contributed by atoms with Crippen molar-refractivity contribution in [2.45, 2.75) is 6.92 Å². The number of anilines is 2. The average Bonchev–Trinajstić information content (AvgIpc) is 2.57. The molecule has 1 saturated heterocycles. The van der Waals surface area contributed by atoms with E-state index in [2.05, 4.69) is 21.3 Å². The van der Waals surface area contributed by atoms with Crippen LogP contribution in [0.25, 0.3) is 11.3 Å². The molecule has 6 heteroatoms. The molecule has 1 aliphatic rings. The average molecular weight is 312 g/mol. The van der Waals surface area contributed by atoms with E-state index < -0.39 is 6.03 Å². The van der Waals surface area contributed by atoms with Crippen LogP contribution in [0.2, 0.25) is 0 Å². The van der Waals surface area contributed by atoms with Crippen molar-refractivity contribution in [1.29, 1.82) is 0 Å². The lowest BCUT2D eigenvalue weighted by Crippen LogP contribution is -2.36. The van der Waals surface area contributed by atoms with E-state index in [0.29, 0.717) is 5.69 Å². The van der Waals surface area contributed by atoms with Crippen LogP contribution in [0, 0.1) is 6.92 Å². The number of nitrogens with one attached hydrogen (secondary N) is 1. The fourth-order valence-corrected chi connectivity index (χ4v) is 2.67. The molecule has 0 saturated carbocycles. The summed E-state index contributed by atoms with van der Waals surface area (Å²) >= 11 is 0. The molecule has 3 rings (SSSR count). The van der Waals surface area contributed by atoms with Crippen LogP contribution >= 0.6 is 0 Å². The van der Waals surface area contributed by atoms with Crippen molar-refractivity contribution in [1.82, 2.24) is 4.98 Å². The van der Waals surface area contributed by atoms with Crippen molar-refractivity contribution < 1.29 is 9.53 Å². The molecule has 2 amide bonds. The molecule has 3 N–H and O–H groups in total. The molecule has 1 fully saturated rings. The molecule has 0 unspecified atom stereocenters. The van der Waals surface area contributed by atoms with Gasteiger partial charge >= 0.3 is 6.03 Å². The fraction of sp³-hybridized carbons (Fsp3) is 0.294. The van der Waals surface area contributed by atoms with E-state index in [1.165, 1.54) is 0 Å². The number of ether oxygens (including phenoxy) is 1. The lowest BCUT2D eigenvalue weighted by atomic mass is 10.0. The summed E-state index contributed by atoms with van der Waals surface area (Å²) < 4.78 is 5.37. The van der Waals surface area contributed by atoms with Gasteiger partial charge in [-0.25, -0.2) is 4.79 Å². The molecule has 1 aromatic heterocycles. The van der Waals surface area contributed by atoms with Gasteiger partial charge in [0, 0.05) is 24.3 Å². The van der Waals surface area contributed by atoms with Crippen molar-refractivity contribution >= 4 is 17.4 Å². The summed E-state index contributed by atoms with van der Waals surface area (Å²) in [5.41, 5.74) is 9.87. The van der Waals surface area contributed by atoms with Gasteiger partial charge in [-0.15, -0.1) is 0 Å². The van der Waals surface area contributed by atoms with E-state index in [-0.39, 0.29) is 0 Å². The minimum atomic E-state index is -0.574. The van der Waals surface area contributed by atoms with Crippen LogP contribution in [0.3, 0.4) is 0 Å². The summed E-state index contributed by atoms with van der Waals surface area (Å²) in [6.07, 6.45) is 1.88. The van der Waals surface area contributed by atoms with E-state index in [9.17, 15) is 4.79 Å². The number of rotatable bonds is 3. The van der Waals surface area contributed by atoms with Crippen LogP contribution in [-0.4, -0.2) is 37.3 Å². The molecule has 2 aromatic rings. The van der Waals surface area contributed by atoms with Crippen LogP contribution < -0.4 is 16.0 Å². The lowest BCUT2D eigenvalue weighted by molar-refractivity contribution is 0.122. The van der Waals surface area contributed by atoms with E-state index >= 15 is 0 Å². The predicted molar refractivity (Wildman–Crippen MR) is 90.6 cm³/mol. The number of morpholine rings is 1. The van der Waals surface area contributed by atoms with Crippen molar-refractivity contribution in [3.8, 4) is 11.3 Å².